The number of aromatic nitrogens is 3. The van der Waals surface area contributed by atoms with Crippen molar-refractivity contribution in [2.24, 2.45) is 0 Å². The molecule has 8 aromatic carbocycles. The molecule has 0 spiro atoms. The van der Waals surface area contributed by atoms with E-state index in [1.807, 2.05) is 24.3 Å². The van der Waals surface area contributed by atoms with E-state index in [0.717, 1.165) is 22.3 Å². The second kappa shape index (κ2) is 11.3. The lowest BCUT2D eigenvalue weighted by atomic mass is 9.81. The average Bonchev–Trinajstić information content (AvgIpc) is 3.43. The van der Waals surface area contributed by atoms with Gasteiger partial charge in [-0.25, -0.2) is 15.0 Å². The van der Waals surface area contributed by atoms with Gasteiger partial charge in [-0.15, -0.1) is 0 Å². The van der Waals surface area contributed by atoms with Gasteiger partial charge in [-0.3, -0.25) is 0 Å². The summed E-state index contributed by atoms with van der Waals surface area (Å²) in [6.45, 7) is 4.70. The summed E-state index contributed by atoms with van der Waals surface area (Å²) in [5.74, 6) is 1.96. The molecule has 9 aromatic rings. The molecule has 0 saturated heterocycles. The molecule has 0 amide bonds. The molecule has 51 heavy (non-hydrogen) atoms. The Balaban J connectivity index is 1.17. The normalized spacial score (nSPS) is 13.1. The summed E-state index contributed by atoms with van der Waals surface area (Å²) in [5.41, 5.74) is 10.6. The maximum absolute atomic E-state index is 5.12. The Bertz CT molecular complexity index is 2800. The fraction of sp³-hybridized carbons (Fsp3) is 0.0625. The van der Waals surface area contributed by atoms with Gasteiger partial charge >= 0.3 is 0 Å². The van der Waals surface area contributed by atoms with Gasteiger partial charge in [0, 0.05) is 22.1 Å². The van der Waals surface area contributed by atoms with Gasteiger partial charge < -0.3 is 0 Å². The minimum atomic E-state index is -0.0608. The van der Waals surface area contributed by atoms with E-state index in [1.165, 1.54) is 60.1 Å². The van der Waals surface area contributed by atoms with Gasteiger partial charge in [0.2, 0.25) is 0 Å². The fourth-order valence-corrected chi connectivity index (χ4v) is 8.08. The van der Waals surface area contributed by atoms with Crippen LogP contribution in [0.5, 0.6) is 0 Å². The van der Waals surface area contributed by atoms with E-state index in [2.05, 4.69) is 153 Å². The number of benzene rings is 8. The molecule has 10 rings (SSSR count). The van der Waals surface area contributed by atoms with Gasteiger partial charge in [0.1, 0.15) is 0 Å². The average molecular weight is 652 g/mol. The second-order valence-electron chi connectivity index (χ2n) is 14.0. The molecule has 0 bridgehead atoms. The summed E-state index contributed by atoms with van der Waals surface area (Å²) >= 11 is 0. The van der Waals surface area contributed by atoms with Gasteiger partial charge in [0.25, 0.3) is 0 Å². The summed E-state index contributed by atoms with van der Waals surface area (Å²) < 4.78 is 0. The monoisotopic (exact) mass is 651 g/mol. The quantitative estimate of drug-likeness (QED) is 0.178. The zero-order chi connectivity index (χ0) is 34.1. The SMILES string of the molecule is CC1(C)c2ccccc2-c2cc3c4ccc(-c5nc(-c6ccccc6)nc(-c6ccc(-c7ccccc7)cc6)n5)cc4c4ccccc4c3cc21. The minimum Gasteiger partial charge on any atom is -0.208 e. The Hall–Kier alpha value is -6.45. The maximum atomic E-state index is 5.12. The highest BCUT2D eigenvalue weighted by molar-refractivity contribution is 6.26. The molecule has 1 aromatic heterocycles. The highest BCUT2D eigenvalue weighted by Crippen LogP contribution is 2.51. The van der Waals surface area contributed by atoms with Gasteiger partial charge in [0.15, 0.2) is 17.5 Å². The number of hydrogen-bond acceptors (Lipinski definition) is 3. The fourth-order valence-electron chi connectivity index (χ4n) is 8.08. The van der Waals surface area contributed by atoms with E-state index >= 15 is 0 Å². The van der Waals surface area contributed by atoms with Crippen molar-refractivity contribution in [2.75, 3.05) is 0 Å². The number of nitrogens with zero attached hydrogens (tertiary/aromatic N) is 3. The standard InChI is InChI=1S/C48H33N3/c1-48(2)43-20-12-11-19-38(43)42-28-40-37-26-25-34(27-39(37)35-17-9-10-18-36(35)41(40)29-44(42)48)47-50-45(32-15-7-4-8-16-32)49-46(51-47)33-23-21-31(22-24-33)30-13-5-3-6-14-30/h3-29H,1-2H3. The Morgan fingerprint density at radius 3 is 1.45 bits per heavy atom. The van der Waals surface area contributed by atoms with Crippen molar-refractivity contribution in [3.63, 3.8) is 0 Å². The number of rotatable bonds is 4. The lowest BCUT2D eigenvalue weighted by Crippen LogP contribution is -2.14. The molecule has 3 heteroatoms. The van der Waals surface area contributed by atoms with E-state index in [4.69, 9.17) is 15.0 Å². The molecule has 0 fully saturated rings. The zero-order valence-electron chi connectivity index (χ0n) is 28.4. The maximum Gasteiger partial charge on any atom is 0.164 e. The van der Waals surface area contributed by atoms with Gasteiger partial charge in [-0.2, -0.15) is 0 Å². The van der Waals surface area contributed by atoms with Gasteiger partial charge in [0.05, 0.1) is 0 Å². The topological polar surface area (TPSA) is 38.7 Å². The lowest BCUT2D eigenvalue weighted by Gasteiger charge is -2.22. The molecule has 1 aliphatic carbocycles. The Morgan fingerprint density at radius 1 is 0.314 bits per heavy atom. The van der Waals surface area contributed by atoms with E-state index in [-0.39, 0.29) is 5.41 Å². The van der Waals surface area contributed by atoms with Crippen molar-refractivity contribution >= 4 is 32.3 Å². The summed E-state index contributed by atoms with van der Waals surface area (Å²) in [7, 11) is 0. The van der Waals surface area contributed by atoms with Crippen LogP contribution in [-0.4, -0.2) is 15.0 Å². The van der Waals surface area contributed by atoms with Crippen molar-refractivity contribution in [3.8, 4) is 56.4 Å². The molecule has 1 aliphatic rings. The molecular weight excluding hydrogens is 619 g/mol. The Labute approximate surface area is 297 Å². The van der Waals surface area contributed by atoms with Crippen molar-refractivity contribution in [3.05, 3.63) is 175 Å². The van der Waals surface area contributed by atoms with Crippen LogP contribution in [0.25, 0.3) is 88.7 Å². The largest absolute Gasteiger partial charge is 0.208 e. The van der Waals surface area contributed by atoms with Crippen LogP contribution in [0, 0.1) is 0 Å². The zero-order valence-corrected chi connectivity index (χ0v) is 28.4. The molecule has 0 unspecified atom stereocenters. The highest BCUT2D eigenvalue weighted by Gasteiger charge is 2.35. The predicted molar refractivity (Wildman–Crippen MR) is 212 cm³/mol. The molecule has 0 saturated carbocycles. The summed E-state index contributed by atoms with van der Waals surface area (Å²) in [6, 6.07) is 58.4. The first-order chi connectivity index (χ1) is 25.0. The molecule has 0 aliphatic heterocycles. The molecule has 240 valence electrons. The van der Waals surface area contributed by atoms with Crippen LogP contribution in [0.15, 0.2) is 164 Å². The van der Waals surface area contributed by atoms with Crippen molar-refractivity contribution in [1.29, 1.82) is 0 Å². The van der Waals surface area contributed by atoms with E-state index < -0.39 is 0 Å². The van der Waals surface area contributed by atoms with Crippen LogP contribution >= 0.6 is 0 Å². The first-order valence-electron chi connectivity index (χ1n) is 17.5. The van der Waals surface area contributed by atoms with Gasteiger partial charge in [-0.1, -0.05) is 159 Å². The Kier molecular flexibility index (Phi) is 6.53. The third-order valence-corrected chi connectivity index (χ3v) is 10.7. The van der Waals surface area contributed by atoms with Crippen LogP contribution < -0.4 is 0 Å². The van der Waals surface area contributed by atoms with Crippen LogP contribution in [-0.2, 0) is 5.41 Å². The highest BCUT2D eigenvalue weighted by atomic mass is 15.0. The van der Waals surface area contributed by atoms with Crippen LogP contribution in [0.3, 0.4) is 0 Å². The van der Waals surface area contributed by atoms with Crippen LogP contribution in [0.4, 0.5) is 0 Å². The van der Waals surface area contributed by atoms with E-state index in [1.54, 1.807) is 0 Å². The first kappa shape index (κ1) is 29.5. The van der Waals surface area contributed by atoms with Crippen molar-refractivity contribution in [2.45, 2.75) is 19.3 Å². The summed E-state index contributed by atoms with van der Waals surface area (Å²) in [5, 5.41) is 7.46. The van der Waals surface area contributed by atoms with Gasteiger partial charge in [-0.05, 0) is 83.9 Å². The molecule has 0 radical (unpaired) electrons. The molecule has 3 nitrogen and oxygen atoms in total. The minimum absolute atomic E-state index is 0.0608. The van der Waals surface area contributed by atoms with Crippen molar-refractivity contribution < 1.29 is 0 Å². The van der Waals surface area contributed by atoms with Crippen LogP contribution in [0.2, 0.25) is 0 Å². The molecule has 0 atom stereocenters. The summed E-state index contributed by atoms with van der Waals surface area (Å²) in [6.07, 6.45) is 0. The van der Waals surface area contributed by atoms with Crippen molar-refractivity contribution in [1.82, 2.24) is 15.0 Å². The Morgan fingerprint density at radius 2 is 0.765 bits per heavy atom. The number of fused-ring (bicyclic) bond motifs is 9. The molecule has 0 N–H and O–H groups in total. The second-order valence-corrected chi connectivity index (χ2v) is 14.0. The first-order valence-corrected chi connectivity index (χ1v) is 17.5. The summed E-state index contributed by atoms with van der Waals surface area (Å²) in [4.78, 5) is 15.2. The van der Waals surface area contributed by atoms with Crippen LogP contribution in [0.1, 0.15) is 25.0 Å². The number of hydrogen-bond donors (Lipinski definition) is 0. The predicted octanol–water partition coefficient (Wildman–Crippen LogP) is 12.3. The van der Waals surface area contributed by atoms with E-state index in [9.17, 15) is 0 Å². The third-order valence-electron chi connectivity index (χ3n) is 10.7. The molecule has 1 heterocycles. The van der Waals surface area contributed by atoms with E-state index in [0.29, 0.717) is 17.5 Å². The molecular formula is C48H33N3. The lowest BCUT2D eigenvalue weighted by molar-refractivity contribution is 0.661. The third kappa shape index (κ3) is 4.69. The smallest absolute Gasteiger partial charge is 0.164 e.